The molecule has 1 aromatic rings. The number of carbonyl (C=O) groups excluding carboxylic acids is 3. The summed E-state index contributed by atoms with van der Waals surface area (Å²) in [6.45, 7) is 2.09. The molecule has 0 bridgehead atoms. The van der Waals surface area contributed by atoms with Crippen molar-refractivity contribution in [2.75, 3.05) is 6.61 Å². The Hall–Kier alpha value is -2.90. The summed E-state index contributed by atoms with van der Waals surface area (Å²) < 4.78 is 9.81. The Labute approximate surface area is 132 Å². The molecule has 0 saturated heterocycles. The molecule has 8 heteroatoms. The minimum atomic E-state index is -1.25. The number of carboxylic acids is 1. The van der Waals surface area contributed by atoms with Crippen molar-refractivity contribution in [1.29, 1.82) is 0 Å². The number of amides is 1. The highest BCUT2D eigenvalue weighted by atomic mass is 16.6. The van der Waals surface area contributed by atoms with E-state index in [4.69, 9.17) is 15.2 Å². The zero-order valence-corrected chi connectivity index (χ0v) is 12.7. The van der Waals surface area contributed by atoms with E-state index in [2.05, 4.69) is 0 Å². The average Bonchev–Trinajstić information content (AvgIpc) is 2.43. The highest BCUT2D eigenvalue weighted by molar-refractivity contribution is 5.99. The second-order valence-electron chi connectivity index (χ2n) is 4.74. The van der Waals surface area contributed by atoms with Crippen LogP contribution in [0.3, 0.4) is 0 Å². The van der Waals surface area contributed by atoms with Crippen LogP contribution in [0.15, 0.2) is 18.2 Å². The molecule has 1 unspecified atom stereocenters. The van der Waals surface area contributed by atoms with E-state index in [0.29, 0.717) is 0 Å². The van der Waals surface area contributed by atoms with E-state index >= 15 is 0 Å². The fourth-order valence-corrected chi connectivity index (χ4v) is 2.05. The van der Waals surface area contributed by atoms with Crippen molar-refractivity contribution in [3.05, 3.63) is 34.9 Å². The molecule has 1 rings (SSSR count). The van der Waals surface area contributed by atoms with Gasteiger partial charge in [-0.2, -0.15) is 0 Å². The van der Waals surface area contributed by atoms with E-state index in [-0.39, 0.29) is 29.7 Å². The number of rotatable bonds is 7. The molecule has 0 heterocycles. The van der Waals surface area contributed by atoms with E-state index in [1.54, 1.807) is 0 Å². The largest absolute Gasteiger partial charge is 0.478 e. The molecule has 1 aromatic carbocycles. The summed E-state index contributed by atoms with van der Waals surface area (Å²) in [5, 5.41) is 9.24. The number of aromatic carboxylic acids is 1. The fraction of sp³-hybridized carbons (Fsp3) is 0.333. The Morgan fingerprint density at radius 2 is 1.74 bits per heavy atom. The molecule has 0 saturated carbocycles. The van der Waals surface area contributed by atoms with Gasteiger partial charge in [-0.1, -0.05) is 6.07 Å². The first kappa shape index (κ1) is 18.1. The normalized spacial score (nSPS) is 11.4. The number of esters is 2. The van der Waals surface area contributed by atoms with Gasteiger partial charge in [0.15, 0.2) is 0 Å². The number of benzene rings is 1. The molecule has 0 spiro atoms. The number of carboxylic acid groups (broad SMARTS) is 1. The van der Waals surface area contributed by atoms with Gasteiger partial charge in [0, 0.05) is 25.8 Å². The maximum atomic E-state index is 11.5. The van der Waals surface area contributed by atoms with Crippen molar-refractivity contribution < 1.29 is 33.8 Å². The molecule has 1 amide bonds. The van der Waals surface area contributed by atoms with Crippen LogP contribution in [0.1, 0.15) is 40.1 Å². The lowest BCUT2D eigenvalue weighted by Gasteiger charge is -2.19. The SMILES string of the molecule is CC(=O)OCC(Cc1c(C(N)=O)cccc1C(=O)O)OC(C)=O. The first-order valence-corrected chi connectivity index (χ1v) is 6.68. The summed E-state index contributed by atoms with van der Waals surface area (Å²) in [5.74, 6) is -3.27. The molecule has 124 valence electrons. The number of hydrogen-bond acceptors (Lipinski definition) is 6. The third kappa shape index (κ3) is 5.42. The van der Waals surface area contributed by atoms with Crippen LogP contribution < -0.4 is 5.73 Å². The summed E-state index contributed by atoms with van der Waals surface area (Å²) in [6.07, 6.45) is -1.07. The molecule has 0 aliphatic carbocycles. The average molecular weight is 323 g/mol. The van der Waals surface area contributed by atoms with Crippen LogP contribution in [0.25, 0.3) is 0 Å². The molecular weight excluding hydrogens is 306 g/mol. The lowest BCUT2D eigenvalue weighted by molar-refractivity contribution is -0.156. The molecule has 0 aromatic heterocycles. The van der Waals surface area contributed by atoms with Crippen molar-refractivity contribution in [3.63, 3.8) is 0 Å². The third-order valence-corrected chi connectivity index (χ3v) is 2.91. The number of ether oxygens (including phenoxy) is 2. The summed E-state index contributed by atoms with van der Waals surface area (Å²) in [7, 11) is 0. The maximum Gasteiger partial charge on any atom is 0.335 e. The molecule has 0 aliphatic heterocycles. The van der Waals surface area contributed by atoms with Gasteiger partial charge in [0.2, 0.25) is 5.91 Å². The second kappa shape index (κ2) is 7.92. The van der Waals surface area contributed by atoms with Crippen LogP contribution in [0, 0.1) is 0 Å². The minimum absolute atomic E-state index is 0.00452. The van der Waals surface area contributed by atoms with Crippen molar-refractivity contribution >= 4 is 23.8 Å². The summed E-state index contributed by atoms with van der Waals surface area (Å²) in [4.78, 5) is 44.9. The smallest absolute Gasteiger partial charge is 0.335 e. The lowest BCUT2D eigenvalue weighted by atomic mass is 9.95. The first-order chi connectivity index (χ1) is 10.7. The summed E-state index contributed by atoms with van der Waals surface area (Å²) in [5.41, 5.74) is 5.24. The van der Waals surface area contributed by atoms with Crippen molar-refractivity contribution in [3.8, 4) is 0 Å². The minimum Gasteiger partial charge on any atom is -0.478 e. The Kier molecular flexibility index (Phi) is 6.25. The van der Waals surface area contributed by atoms with E-state index in [1.807, 2.05) is 0 Å². The molecule has 0 fully saturated rings. The van der Waals surface area contributed by atoms with Crippen molar-refractivity contribution in [2.45, 2.75) is 26.4 Å². The van der Waals surface area contributed by atoms with Gasteiger partial charge >= 0.3 is 17.9 Å². The van der Waals surface area contributed by atoms with Gasteiger partial charge in [-0.05, 0) is 17.7 Å². The van der Waals surface area contributed by atoms with Crippen LogP contribution >= 0.6 is 0 Å². The van der Waals surface area contributed by atoms with Crippen molar-refractivity contribution in [2.24, 2.45) is 5.73 Å². The Morgan fingerprint density at radius 3 is 2.22 bits per heavy atom. The first-order valence-electron chi connectivity index (χ1n) is 6.68. The Bertz CT molecular complexity index is 606. The third-order valence-electron chi connectivity index (χ3n) is 2.91. The fourth-order valence-electron chi connectivity index (χ4n) is 2.05. The van der Waals surface area contributed by atoms with Crippen LogP contribution in [0.2, 0.25) is 0 Å². The number of hydrogen-bond donors (Lipinski definition) is 2. The summed E-state index contributed by atoms with van der Waals surface area (Å²) >= 11 is 0. The van der Waals surface area contributed by atoms with E-state index in [1.165, 1.54) is 32.0 Å². The summed E-state index contributed by atoms with van der Waals surface area (Å²) in [6, 6.07) is 4.07. The topological polar surface area (TPSA) is 133 Å². The highest BCUT2D eigenvalue weighted by Gasteiger charge is 2.23. The predicted molar refractivity (Wildman–Crippen MR) is 77.8 cm³/mol. The van der Waals surface area contributed by atoms with Gasteiger partial charge in [-0.25, -0.2) is 4.79 Å². The van der Waals surface area contributed by atoms with E-state index < -0.39 is 29.9 Å². The Balaban J connectivity index is 3.19. The quantitative estimate of drug-likeness (QED) is 0.699. The standard InChI is InChI=1S/C15H17NO7/c1-8(17)22-7-10(23-9(2)18)6-13-11(14(16)19)4-3-5-12(13)15(20)21/h3-5,10H,6-7H2,1-2H3,(H2,16,19)(H,20,21). The van der Waals surface area contributed by atoms with Crippen LogP contribution in [0.5, 0.6) is 0 Å². The van der Waals surface area contributed by atoms with Crippen LogP contribution in [-0.2, 0) is 25.5 Å². The van der Waals surface area contributed by atoms with Gasteiger partial charge in [0.1, 0.15) is 12.7 Å². The predicted octanol–water partition coefficient (Wildman–Crippen LogP) is 0.521. The van der Waals surface area contributed by atoms with Gasteiger partial charge in [-0.15, -0.1) is 0 Å². The molecule has 1 atom stereocenters. The van der Waals surface area contributed by atoms with E-state index in [9.17, 15) is 24.3 Å². The van der Waals surface area contributed by atoms with Gasteiger partial charge in [0.25, 0.3) is 0 Å². The Morgan fingerprint density at radius 1 is 1.13 bits per heavy atom. The van der Waals surface area contributed by atoms with Crippen LogP contribution in [-0.4, -0.2) is 41.6 Å². The van der Waals surface area contributed by atoms with E-state index in [0.717, 1.165) is 0 Å². The molecule has 23 heavy (non-hydrogen) atoms. The highest BCUT2D eigenvalue weighted by Crippen LogP contribution is 2.19. The molecule has 3 N–H and O–H groups in total. The maximum absolute atomic E-state index is 11.5. The van der Waals surface area contributed by atoms with Gasteiger partial charge in [0.05, 0.1) is 5.56 Å². The number of nitrogens with two attached hydrogens (primary N) is 1. The van der Waals surface area contributed by atoms with Gasteiger partial charge in [-0.3, -0.25) is 14.4 Å². The van der Waals surface area contributed by atoms with Crippen LogP contribution in [0.4, 0.5) is 0 Å². The number of carbonyl (C=O) groups is 4. The second-order valence-corrected chi connectivity index (χ2v) is 4.74. The van der Waals surface area contributed by atoms with Crippen molar-refractivity contribution in [1.82, 2.24) is 0 Å². The van der Waals surface area contributed by atoms with Gasteiger partial charge < -0.3 is 20.3 Å². The lowest BCUT2D eigenvalue weighted by Crippen LogP contribution is -2.28. The molecular formula is C15H17NO7. The zero-order chi connectivity index (χ0) is 17.6. The molecule has 0 radical (unpaired) electrons. The molecule has 0 aliphatic rings. The number of primary amides is 1. The zero-order valence-electron chi connectivity index (χ0n) is 12.7. The molecule has 8 nitrogen and oxygen atoms in total. The monoisotopic (exact) mass is 323 g/mol.